The molecule has 2 aromatic carbocycles. The van der Waals surface area contributed by atoms with Crippen molar-refractivity contribution in [2.45, 2.75) is 69.5 Å². The molecule has 3 aromatic rings. The number of benzene rings is 2. The number of H-pyrrole nitrogens is 1. The normalized spacial score (nSPS) is 24.1. The van der Waals surface area contributed by atoms with Crippen LogP contribution in [-0.2, 0) is 16.0 Å². The van der Waals surface area contributed by atoms with E-state index in [9.17, 15) is 9.59 Å². The summed E-state index contributed by atoms with van der Waals surface area (Å²) in [6.07, 6.45) is 9.21. The third-order valence-electron chi connectivity index (χ3n) is 10.3. The largest absolute Gasteiger partial charge is 0.497 e. The average Bonchev–Trinajstić information content (AvgIpc) is 3.41. The van der Waals surface area contributed by atoms with Gasteiger partial charge in [-0.05, 0) is 55.4 Å². The Bertz CT molecular complexity index is 1470. The number of hydrogen-bond donors (Lipinski definition) is 1. The number of fused-ring (bicyclic) bond motifs is 4. The minimum atomic E-state index is -0.546. The third kappa shape index (κ3) is 4.74. The van der Waals surface area contributed by atoms with Gasteiger partial charge in [-0.2, -0.15) is 0 Å². The Morgan fingerprint density at radius 2 is 1.71 bits per heavy atom. The molecule has 2 saturated heterocycles. The summed E-state index contributed by atoms with van der Waals surface area (Å²) in [5, 5.41) is 1.11. The van der Waals surface area contributed by atoms with Crippen LogP contribution < -0.4 is 9.47 Å². The minimum absolute atomic E-state index is 0.00332. The molecule has 1 N–H and O–H groups in total. The number of para-hydroxylation sites is 1. The van der Waals surface area contributed by atoms with Crippen molar-refractivity contribution in [1.82, 2.24) is 19.7 Å². The Morgan fingerprint density at radius 1 is 0.929 bits per heavy atom. The SMILES string of the molecule is COc1ccc([C@H]2c3[nH]c4ccccc4c3C[C@H]3C(=O)N(C4CCN(CC5CCCCC5)CC4)CC(=O)N23)c(OC)c1. The Morgan fingerprint density at radius 3 is 2.48 bits per heavy atom. The first kappa shape index (κ1) is 27.3. The first-order valence-corrected chi connectivity index (χ1v) is 15.7. The molecule has 0 bridgehead atoms. The van der Waals surface area contributed by atoms with E-state index in [0.29, 0.717) is 17.9 Å². The molecule has 1 aromatic heterocycles. The number of aromatic amines is 1. The highest BCUT2D eigenvalue weighted by Crippen LogP contribution is 2.46. The van der Waals surface area contributed by atoms with Crippen LogP contribution in [0.15, 0.2) is 42.5 Å². The van der Waals surface area contributed by atoms with E-state index >= 15 is 0 Å². The van der Waals surface area contributed by atoms with Gasteiger partial charge in [0, 0.05) is 60.3 Å². The molecular formula is C34H42N4O4. The second-order valence-corrected chi connectivity index (χ2v) is 12.6. The Kier molecular flexibility index (Phi) is 7.34. The van der Waals surface area contributed by atoms with Gasteiger partial charge < -0.3 is 29.2 Å². The van der Waals surface area contributed by atoms with Crippen LogP contribution in [0.4, 0.5) is 0 Å². The van der Waals surface area contributed by atoms with Gasteiger partial charge in [0.25, 0.3) is 0 Å². The van der Waals surface area contributed by atoms with Gasteiger partial charge in [0.05, 0.1) is 14.2 Å². The lowest BCUT2D eigenvalue weighted by molar-refractivity contribution is -0.161. The number of aromatic nitrogens is 1. The molecule has 0 unspecified atom stereocenters. The molecule has 2 amide bonds. The summed E-state index contributed by atoms with van der Waals surface area (Å²) in [5.74, 6) is 2.21. The van der Waals surface area contributed by atoms with Crippen molar-refractivity contribution in [1.29, 1.82) is 0 Å². The number of nitrogens with zero attached hydrogens (tertiary/aromatic N) is 3. The lowest BCUT2D eigenvalue weighted by Crippen LogP contribution is -2.65. The zero-order chi connectivity index (χ0) is 28.8. The molecule has 3 fully saturated rings. The number of piperazine rings is 1. The van der Waals surface area contributed by atoms with Gasteiger partial charge in [0.2, 0.25) is 11.8 Å². The van der Waals surface area contributed by atoms with E-state index in [4.69, 9.17) is 9.47 Å². The summed E-state index contributed by atoms with van der Waals surface area (Å²) >= 11 is 0. The van der Waals surface area contributed by atoms with E-state index in [2.05, 4.69) is 22.0 Å². The van der Waals surface area contributed by atoms with Crippen molar-refractivity contribution >= 4 is 22.7 Å². The Labute approximate surface area is 247 Å². The molecule has 8 nitrogen and oxygen atoms in total. The van der Waals surface area contributed by atoms with Gasteiger partial charge in [-0.25, -0.2) is 0 Å². The minimum Gasteiger partial charge on any atom is -0.497 e. The lowest BCUT2D eigenvalue weighted by Gasteiger charge is -2.50. The number of likely N-dealkylation sites (tertiary alicyclic amines) is 1. The molecule has 0 spiro atoms. The van der Waals surface area contributed by atoms with Crippen molar-refractivity contribution in [3.05, 3.63) is 59.3 Å². The molecule has 222 valence electrons. The van der Waals surface area contributed by atoms with Gasteiger partial charge in [0.1, 0.15) is 30.1 Å². The maximum atomic E-state index is 14.4. The monoisotopic (exact) mass is 570 g/mol. The molecule has 1 saturated carbocycles. The van der Waals surface area contributed by atoms with Crippen LogP contribution in [0.2, 0.25) is 0 Å². The number of rotatable bonds is 6. The second kappa shape index (κ2) is 11.3. The maximum absolute atomic E-state index is 14.4. The van der Waals surface area contributed by atoms with E-state index in [-0.39, 0.29) is 24.4 Å². The Hall–Kier alpha value is -3.52. The third-order valence-corrected chi connectivity index (χ3v) is 10.3. The highest BCUT2D eigenvalue weighted by Gasteiger charge is 2.50. The van der Waals surface area contributed by atoms with Crippen LogP contribution >= 0.6 is 0 Å². The van der Waals surface area contributed by atoms with Crippen molar-refractivity contribution < 1.29 is 19.1 Å². The van der Waals surface area contributed by atoms with Crippen LogP contribution in [0.1, 0.15) is 67.8 Å². The maximum Gasteiger partial charge on any atom is 0.246 e. The molecule has 8 heteroatoms. The van der Waals surface area contributed by atoms with E-state index in [1.54, 1.807) is 14.2 Å². The smallest absolute Gasteiger partial charge is 0.246 e. The molecule has 0 radical (unpaired) electrons. The van der Waals surface area contributed by atoms with Crippen molar-refractivity contribution in [3.8, 4) is 11.5 Å². The fraction of sp³-hybridized carbons (Fsp3) is 0.529. The molecule has 7 rings (SSSR count). The summed E-state index contributed by atoms with van der Waals surface area (Å²) < 4.78 is 11.3. The van der Waals surface area contributed by atoms with Gasteiger partial charge in [-0.3, -0.25) is 9.59 Å². The number of piperidine rings is 1. The highest BCUT2D eigenvalue weighted by atomic mass is 16.5. The molecular weight excluding hydrogens is 528 g/mol. The first-order chi connectivity index (χ1) is 20.6. The quantitative estimate of drug-likeness (QED) is 0.456. The summed E-state index contributed by atoms with van der Waals surface area (Å²) in [5.41, 5.74) is 3.94. The standard InChI is InChI=1S/C34H42N4O4/c1-41-24-12-13-26(30(18-24)42-2)33-32-27(25-10-6-7-11-28(25)35-32)19-29-34(40)37(21-31(39)38(29)33)23-14-16-36(17-15-23)20-22-8-4-3-5-9-22/h6-7,10-13,18,22-23,29,33,35H,3-5,8-9,14-17,19-21H2,1-2H3/t29-,33-/m0/s1. The number of amides is 2. The van der Waals surface area contributed by atoms with Gasteiger partial charge >= 0.3 is 0 Å². The van der Waals surface area contributed by atoms with Crippen molar-refractivity contribution in [2.24, 2.45) is 5.92 Å². The van der Waals surface area contributed by atoms with Gasteiger partial charge in [-0.1, -0.05) is 37.5 Å². The van der Waals surface area contributed by atoms with Crippen molar-refractivity contribution in [2.75, 3.05) is 40.4 Å². The molecule has 42 heavy (non-hydrogen) atoms. The van der Waals surface area contributed by atoms with Gasteiger partial charge in [0.15, 0.2) is 0 Å². The summed E-state index contributed by atoms with van der Waals surface area (Å²) in [4.78, 5) is 38.5. The van der Waals surface area contributed by atoms with Crippen LogP contribution in [-0.4, -0.2) is 84.0 Å². The van der Waals surface area contributed by atoms with Crippen LogP contribution in [0.25, 0.3) is 10.9 Å². The zero-order valence-electron chi connectivity index (χ0n) is 24.8. The van der Waals surface area contributed by atoms with Crippen LogP contribution in [0.5, 0.6) is 11.5 Å². The predicted octanol–water partition coefficient (Wildman–Crippen LogP) is 4.91. The van der Waals surface area contributed by atoms with E-state index in [1.165, 1.54) is 38.6 Å². The van der Waals surface area contributed by atoms with Gasteiger partial charge in [-0.15, -0.1) is 0 Å². The predicted molar refractivity (Wildman–Crippen MR) is 162 cm³/mol. The second-order valence-electron chi connectivity index (χ2n) is 12.6. The number of carbonyl (C=O) groups is 2. The first-order valence-electron chi connectivity index (χ1n) is 15.7. The molecule has 2 atom stereocenters. The number of nitrogens with one attached hydrogen (secondary N) is 1. The zero-order valence-corrected chi connectivity index (χ0v) is 24.8. The number of methoxy groups -OCH3 is 2. The topological polar surface area (TPSA) is 78.1 Å². The fourth-order valence-electron chi connectivity index (χ4n) is 8.11. The number of ether oxygens (including phenoxy) is 2. The van der Waals surface area contributed by atoms with E-state index < -0.39 is 12.1 Å². The van der Waals surface area contributed by atoms with E-state index in [0.717, 1.165) is 59.6 Å². The lowest BCUT2D eigenvalue weighted by atomic mass is 9.85. The molecule has 4 heterocycles. The molecule has 4 aliphatic rings. The average molecular weight is 571 g/mol. The summed E-state index contributed by atoms with van der Waals surface area (Å²) in [6, 6.07) is 13.0. The van der Waals surface area contributed by atoms with Crippen molar-refractivity contribution in [3.63, 3.8) is 0 Å². The molecule has 3 aliphatic heterocycles. The summed E-state index contributed by atoms with van der Waals surface area (Å²) in [6.45, 7) is 3.33. The fourth-order valence-corrected chi connectivity index (χ4v) is 8.11. The van der Waals surface area contributed by atoms with E-state index in [1.807, 2.05) is 40.1 Å². The Balaban J connectivity index is 1.19. The molecule has 1 aliphatic carbocycles. The number of carbonyl (C=O) groups excluding carboxylic acids is 2. The van der Waals surface area contributed by atoms with Crippen LogP contribution in [0, 0.1) is 5.92 Å². The number of hydrogen-bond acceptors (Lipinski definition) is 5. The van der Waals surface area contributed by atoms with Crippen LogP contribution in [0.3, 0.4) is 0 Å². The summed E-state index contributed by atoms with van der Waals surface area (Å²) in [7, 11) is 3.26. The highest BCUT2D eigenvalue weighted by molar-refractivity contribution is 5.98.